The molecule has 2 aromatic carbocycles. The summed E-state index contributed by atoms with van der Waals surface area (Å²) in [6.07, 6.45) is 3.93. The number of benzene rings is 2. The molecule has 0 saturated carbocycles. The highest BCUT2D eigenvalue weighted by atomic mass is 32.2. The van der Waals surface area contributed by atoms with Gasteiger partial charge in [-0.05, 0) is 55.2 Å². The highest BCUT2D eigenvalue weighted by Gasteiger charge is 2.25. The quantitative estimate of drug-likeness (QED) is 0.281. The Morgan fingerprint density at radius 2 is 1.81 bits per heavy atom. The molecule has 0 spiro atoms. The number of hydrogen-bond donors (Lipinski definition) is 2. The fourth-order valence-electron chi connectivity index (χ4n) is 5.43. The molecule has 12 heteroatoms. The summed E-state index contributed by atoms with van der Waals surface area (Å²) in [5.41, 5.74) is 9.43. The van der Waals surface area contributed by atoms with Crippen molar-refractivity contribution in [2.45, 2.75) is 19.3 Å². The lowest BCUT2D eigenvalue weighted by Gasteiger charge is -2.30. The number of halogens is 2. The Bertz CT molecular complexity index is 1590. The second-order valence-electron chi connectivity index (χ2n) is 10.4. The molecule has 4 heterocycles. The van der Waals surface area contributed by atoms with Crippen LogP contribution in [0, 0.1) is 5.82 Å². The van der Waals surface area contributed by atoms with E-state index in [2.05, 4.69) is 19.5 Å². The van der Waals surface area contributed by atoms with Crippen LogP contribution in [-0.2, 0) is 15.7 Å². The van der Waals surface area contributed by atoms with Crippen molar-refractivity contribution in [3.05, 3.63) is 54.5 Å². The van der Waals surface area contributed by atoms with Gasteiger partial charge in [-0.1, -0.05) is 12.1 Å². The molecule has 4 aromatic rings. The van der Waals surface area contributed by atoms with Crippen LogP contribution < -0.4 is 20.3 Å². The fraction of sp³-hybridized carbons (Fsp3) is 0.367. The molecule has 2 aromatic heterocycles. The Kier molecular flexibility index (Phi) is 8.43. The zero-order chi connectivity index (χ0) is 29.1. The number of morpholine rings is 1. The number of hydrogen-bond acceptors (Lipinski definition) is 8. The third-order valence-corrected chi connectivity index (χ3v) is 8.67. The average Bonchev–Trinajstić information content (AvgIpc) is 3.56. The average molecular weight is 594 g/mol. The maximum atomic E-state index is 16.0. The van der Waals surface area contributed by atoms with Gasteiger partial charge in [0.05, 0.1) is 36.8 Å². The van der Waals surface area contributed by atoms with Gasteiger partial charge in [0.25, 0.3) is 0 Å². The second-order valence-corrected chi connectivity index (χ2v) is 11.7. The third-order valence-electron chi connectivity index (χ3n) is 7.56. The Morgan fingerprint density at radius 1 is 1.00 bits per heavy atom. The van der Waals surface area contributed by atoms with Gasteiger partial charge in [0.1, 0.15) is 22.6 Å². The van der Waals surface area contributed by atoms with Crippen molar-refractivity contribution >= 4 is 44.9 Å². The van der Waals surface area contributed by atoms with E-state index in [-0.39, 0.29) is 17.9 Å². The lowest BCUT2D eigenvalue weighted by atomic mass is 10.00. The van der Waals surface area contributed by atoms with Crippen molar-refractivity contribution in [1.29, 1.82) is 0 Å². The number of nitrogens with zero attached hydrogens (tertiary/aromatic N) is 5. The monoisotopic (exact) mass is 593 g/mol. The Morgan fingerprint density at radius 3 is 2.55 bits per heavy atom. The van der Waals surface area contributed by atoms with Gasteiger partial charge in [0.15, 0.2) is 11.6 Å². The second kappa shape index (κ2) is 12.5. The van der Waals surface area contributed by atoms with Crippen molar-refractivity contribution < 1.29 is 17.7 Å². The summed E-state index contributed by atoms with van der Waals surface area (Å²) in [4.78, 5) is 18.8. The number of nitrogens with one attached hydrogen (secondary N) is 1. The molecule has 220 valence electrons. The predicted molar refractivity (Wildman–Crippen MR) is 164 cm³/mol. The van der Waals surface area contributed by atoms with Gasteiger partial charge >= 0.3 is 0 Å². The number of pyridine rings is 1. The fourth-order valence-corrected chi connectivity index (χ4v) is 6.31. The van der Waals surface area contributed by atoms with Crippen molar-refractivity contribution in [3.63, 3.8) is 0 Å². The first-order chi connectivity index (χ1) is 20.5. The molecule has 42 heavy (non-hydrogen) atoms. The highest BCUT2D eigenvalue weighted by Crippen LogP contribution is 2.40. The van der Waals surface area contributed by atoms with Crippen LogP contribution >= 0.6 is 0 Å². The smallest absolute Gasteiger partial charge is 0.163 e. The SMILES string of the molecule is Nc1ccc(-c2nc(N3CCOCC3)c3cc(-c4cccc(NS(=O)CCCF)c4F)cc(N4CCCC4)c3n2)cn1. The van der Waals surface area contributed by atoms with E-state index >= 15 is 4.39 Å². The molecule has 0 amide bonds. The first-order valence-electron chi connectivity index (χ1n) is 14.2. The standard InChI is InChI=1S/C30H33F2N7O2S/c31-9-4-16-42(40)37-24-6-3-5-22(27(24)32)21-17-23-28(25(18-21)38-10-1-2-11-38)35-29(20-7-8-26(33)34-19-20)36-30(23)39-12-14-41-15-13-39/h3,5-8,17-19,37H,1-2,4,9-16H2,(H2,33,34). The van der Waals surface area contributed by atoms with Gasteiger partial charge in [-0.2, -0.15) is 0 Å². The Labute approximate surface area is 245 Å². The van der Waals surface area contributed by atoms with E-state index in [1.54, 1.807) is 30.5 Å². The molecule has 2 aliphatic rings. The summed E-state index contributed by atoms with van der Waals surface area (Å²) in [6, 6.07) is 12.5. The van der Waals surface area contributed by atoms with Crippen LogP contribution in [0.15, 0.2) is 48.7 Å². The highest BCUT2D eigenvalue weighted by molar-refractivity contribution is 7.86. The Balaban J connectivity index is 1.53. The number of nitrogens with two attached hydrogens (primary N) is 1. The number of ether oxygens (including phenoxy) is 1. The van der Waals surface area contributed by atoms with E-state index in [9.17, 15) is 8.60 Å². The molecule has 1 atom stereocenters. The van der Waals surface area contributed by atoms with Crippen molar-refractivity contribution in [3.8, 4) is 22.5 Å². The number of alkyl halides is 1. The molecule has 0 bridgehead atoms. The number of fused-ring (bicyclic) bond motifs is 1. The number of aromatic nitrogens is 3. The van der Waals surface area contributed by atoms with E-state index in [4.69, 9.17) is 20.4 Å². The zero-order valence-electron chi connectivity index (χ0n) is 23.2. The first kappa shape index (κ1) is 28.2. The first-order valence-corrected chi connectivity index (χ1v) is 15.5. The number of nitrogen functional groups attached to an aromatic ring is 1. The van der Waals surface area contributed by atoms with Crippen molar-refractivity contribution in [2.75, 3.05) is 72.1 Å². The Hall–Kier alpha value is -3.90. The minimum absolute atomic E-state index is 0.0986. The normalized spacial score (nSPS) is 16.2. The van der Waals surface area contributed by atoms with Gasteiger partial charge in [-0.3, -0.25) is 4.39 Å². The molecule has 0 aliphatic carbocycles. The van der Waals surface area contributed by atoms with Crippen LogP contribution in [-0.4, -0.2) is 71.0 Å². The van der Waals surface area contributed by atoms with E-state index in [1.165, 1.54) is 0 Å². The molecular weight excluding hydrogens is 560 g/mol. The number of anilines is 4. The largest absolute Gasteiger partial charge is 0.384 e. The van der Waals surface area contributed by atoms with Crippen molar-refractivity contribution in [1.82, 2.24) is 15.0 Å². The lowest BCUT2D eigenvalue weighted by molar-refractivity contribution is 0.122. The molecule has 0 radical (unpaired) electrons. The summed E-state index contributed by atoms with van der Waals surface area (Å²) in [6.45, 7) is 3.63. The molecule has 2 saturated heterocycles. The molecule has 2 aliphatic heterocycles. The van der Waals surface area contributed by atoms with E-state index in [0.29, 0.717) is 49.1 Å². The van der Waals surface area contributed by atoms with Gasteiger partial charge in [0, 0.05) is 54.6 Å². The van der Waals surface area contributed by atoms with E-state index in [1.807, 2.05) is 18.2 Å². The van der Waals surface area contributed by atoms with Gasteiger partial charge in [-0.15, -0.1) is 0 Å². The molecule has 9 nitrogen and oxygen atoms in total. The van der Waals surface area contributed by atoms with Crippen LogP contribution in [0.25, 0.3) is 33.4 Å². The van der Waals surface area contributed by atoms with Crippen LogP contribution in [0.2, 0.25) is 0 Å². The third kappa shape index (κ3) is 5.86. The topological polar surface area (TPSA) is 109 Å². The summed E-state index contributed by atoms with van der Waals surface area (Å²) in [7, 11) is -1.59. The summed E-state index contributed by atoms with van der Waals surface area (Å²) >= 11 is 0. The van der Waals surface area contributed by atoms with Gasteiger partial charge < -0.3 is 25.0 Å². The van der Waals surface area contributed by atoms with Crippen LogP contribution in [0.4, 0.5) is 31.8 Å². The molecule has 3 N–H and O–H groups in total. The summed E-state index contributed by atoms with van der Waals surface area (Å²) < 4.78 is 49.3. The summed E-state index contributed by atoms with van der Waals surface area (Å²) in [5, 5.41) is 0.813. The van der Waals surface area contributed by atoms with Gasteiger partial charge in [-0.25, -0.2) is 23.6 Å². The van der Waals surface area contributed by atoms with E-state index < -0.39 is 23.5 Å². The number of rotatable bonds is 9. The summed E-state index contributed by atoms with van der Waals surface area (Å²) in [5.74, 6) is 1.29. The van der Waals surface area contributed by atoms with Crippen LogP contribution in [0.1, 0.15) is 19.3 Å². The van der Waals surface area contributed by atoms with E-state index in [0.717, 1.165) is 53.9 Å². The predicted octanol–water partition coefficient (Wildman–Crippen LogP) is 4.95. The van der Waals surface area contributed by atoms with Crippen molar-refractivity contribution in [2.24, 2.45) is 0 Å². The minimum atomic E-state index is -1.59. The maximum Gasteiger partial charge on any atom is 0.163 e. The zero-order valence-corrected chi connectivity index (χ0v) is 24.0. The molecule has 1 unspecified atom stereocenters. The molecule has 2 fully saturated rings. The van der Waals surface area contributed by atoms with Crippen LogP contribution in [0.5, 0.6) is 0 Å². The van der Waals surface area contributed by atoms with Crippen LogP contribution in [0.3, 0.4) is 0 Å². The maximum absolute atomic E-state index is 16.0. The van der Waals surface area contributed by atoms with Gasteiger partial charge in [0.2, 0.25) is 0 Å². The molecular formula is C30H33F2N7O2S. The minimum Gasteiger partial charge on any atom is -0.384 e. The lowest BCUT2D eigenvalue weighted by Crippen LogP contribution is -2.37. The molecule has 6 rings (SSSR count).